The fourth-order valence-corrected chi connectivity index (χ4v) is 5.47. The number of carbonyl (C=O) groups excluding carboxylic acids is 3. The van der Waals surface area contributed by atoms with E-state index in [9.17, 15) is 31.9 Å². The standard InChI is InChI=1S/C38H50F4N6O4.C6H9N.C5H10O.C3H6.C2H6/c1-25(19-30(42)17-18-39)28(4)44-35(49)23-46(5)33-11-9-10-12-34(33)47(6)24-36(50)45-32(21-29(20-27(3)41)14-13-26(2)40)38(51)48(7)31-15-16-37(52-8)43-22-31;1-4-6(3)7-5-2;1-4-5(2)6-3;1-2-3-1;1-2/h9-13,15-17,19-20,22,27-28,32H,14,18,21,23-24H2,1-8H3,(H,44,49)(H,45,50);4-5,7H,1-3H2;4H,1-3H3;1-3H2;1-2H3/b25-19+,26-13?,29-20+,30-17+;;5-4+;;/t27?,28?,32-;;;;/m0..../s1. The van der Waals surface area contributed by atoms with Crippen molar-refractivity contribution in [1.82, 2.24) is 20.9 Å². The smallest absolute Gasteiger partial charge is 0.249 e. The van der Waals surface area contributed by atoms with Crippen molar-refractivity contribution >= 4 is 34.8 Å². The summed E-state index contributed by atoms with van der Waals surface area (Å²) in [7, 11) is 8.03. The molecule has 3 atom stereocenters. The number of anilines is 3. The van der Waals surface area contributed by atoms with Gasteiger partial charge in [0.05, 0.1) is 62.2 Å². The number of hydrogen-bond acceptors (Lipinski definition) is 9. The Balaban J connectivity index is 0. The second kappa shape index (κ2) is 38.3. The van der Waals surface area contributed by atoms with Gasteiger partial charge in [0.25, 0.3) is 0 Å². The molecule has 0 aliphatic heterocycles. The van der Waals surface area contributed by atoms with Gasteiger partial charge in [-0.1, -0.05) is 82.7 Å². The first-order chi connectivity index (χ1) is 33.2. The van der Waals surface area contributed by atoms with Crippen LogP contribution in [-0.2, 0) is 19.1 Å². The zero-order chi connectivity index (χ0) is 53.8. The summed E-state index contributed by atoms with van der Waals surface area (Å²) in [5.74, 6) is -1.26. The van der Waals surface area contributed by atoms with Gasteiger partial charge in [-0.2, -0.15) is 0 Å². The van der Waals surface area contributed by atoms with E-state index in [0.29, 0.717) is 34.1 Å². The Morgan fingerprint density at radius 3 is 1.83 bits per heavy atom. The van der Waals surface area contributed by atoms with E-state index < -0.39 is 48.4 Å². The Morgan fingerprint density at radius 1 is 0.886 bits per heavy atom. The molecule has 0 saturated heterocycles. The van der Waals surface area contributed by atoms with Crippen molar-refractivity contribution in [1.29, 1.82) is 0 Å². The SMILES string of the molecule is C/C=C(\C)OC.C1CC1.C=CNC(=C)C=C.CC.COc1ccc(N(C)C(=O)[C@H](C/C(=C/C(C)F)CC=C(C)F)NC(=O)CN(C)c2ccccc2N(C)CC(=O)NC(C)/C(C)=C/C(F)=C\CF)cn1. The average molecular weight is 984 g/mol. The van der Waals surface area contributed by atoms with Crippen LogP contribution >= 0.6 is 0 Å². The minimum atomic E-state index is -1.38. The van der Waals surface area contributed by atoms with E-state index in [1.54, 1.807) is 93.5 Å². The summed E-state index contributed by atoms with van der Waals surface area (Å²) in [5.41, 5.74) is 3.36. The van der Waals surface area contributed by atoms with Crippen LogP contribution in [0.25, 0.3) is 0 Å². The van der Waals surface area contributed by atoms with Crippen LogP contribution in [-0.4, -0.2) is 96.1 Å². The lowest BCUT2D eigenvalue weighted by molar-refractivity contribution is -0.126. The number of hydrogen-bond donors (Lipinski definition) is 3. The number of nitrogens with zero attached hydrogens (tertiary/aromatic N) is 4. The fourth-order valence-electron chi connectivity index (χ4n) is 5.47. The van der Waals surface area contributed by atoms with E-state index in [1.807, 2.05) is 33.8 Å². The number of rotatable bonds is 23. The quantitative estimate of drug-likeness (QED) is 0.0431. The first-order valence-electron chi connectivity index (χ1n) is 23.2. The van der Waals surface area contributed by atoms with Crippen LogP contribution in [0.1, 0.15) is 87.5 Å². The Bertz CT molecular complexity index is 2040. The highest BCUT2D eigenvalue weighted by Gasteiger charge is 2.27. The second-order valence-corrected chi connectivity index (χ2v) is 15.6. The third-order valence-corrected chi connectivity index (χ3v) is 9.64. The molecule has 390 valence electrons. The highest BCUT2D eigenvalue weighted by atomic mass is 19.1. The highest BCUT2D eigenvalue weighted by molar-refractivity contribution is 5.99. The number of ether oxygens (including phenoxy) is 2. The third kappa shape index (κ3) is 30.0. The number of allylic oxidation sites excluding steroid dienone is 9. The van der Waals surface area contributed by atoms with Crippen LogP contribution in [0, 0.1) is 0 Å². The number of halogens is 4. The molecule has 3 amide bonds. The van der Waals surface area contributed by atoms with Crippen LogP contribution in [0.3, 0.4) is 0 Å². The number of likely N-dealkylation sites (N-methyl/N-ethyl adjacent to an activating group) is 3. The van der Waals surface area contributed by atoms with Crippen LogP contribution in [0.2, 0.25) is 0 Å². The van der Waals surface area contributed by atoms with Gasteiger partial charge in [-0.15, -0.1) is 0 Å². The lowest BCUT2D eigenvalue weighted by Crippen LogP contribution is -2.50. The monoisotopic (exact) mass is 984 g/mol. The van der Waals surface area contributed by atoms with Crippen molar-refractivity contribution in [2.45, 2.75) is 106 Å². The zero-order valence-electron chi connectivity index (χ0n) is 43.9. The Labute approximate surface area is 416 Å². The van der Waals surface area contributed by atoms with Gasteiger partial charge in [-0.25, -0.2) is 22.5 Å². The lowest BCUT2D eigenvalue weighted by Gasteiger charge is -2.29. The Kier molecular flexibility index (Phi) is 35.8. The van der Waals surface area contributed by atoms with Gasteiger partial charge >= 0.3 is 0 Å². The molecule has 0 spiro atoms. The van der Waals surface area contributed by atoms with Crippen LogP contribution < -0.4 is 35.4 Å². The molecule has 70 heavy (non-hydrogen) atoms. The lowest BCUT2D eigenvalue weighted by atomic mass is 10.00. The van der Waals surface area contributed by atoms with Crippen molar-refractivity contribution < 1.29 is 41.4 Å². The predicted octanol–water partition coefficient (Wildman–Crippen LogP) is 11.5. The molecule has 1 aromatic carbocycles. The molecule has 2 aromatic rings. The maximum atomic E-state index is 14.1. The molecule has 16 heteroatoms. The molecule has 0 bridgehead atoms. The van der Waals surface area contributed by atoms with Crippen molar-refractivity contribution in [3.63, 3.8) is 0 Å². The van der Waals surface area contributed by atoms with Gasteiger partial charge in [0.15, 0.2) is 0 Å². The van der Waals surface area contributed by atoms with Gasteiger partial charge in [0, 0.05) is 38.9 Å². The highest BCUT2D eigenvalue weighted by Crippen LogP contribution is 2.28. The van der Waals surface area contributed by atoms with Crippen LogP contribution in [0.15, 0.2) is 139 Å². The Hall–Kier alpha value is -6.58. The zero-order valence-corrected chi connectivity index (χ0v) is 43.9. The van der Waals surface area contributed by atoms with E-state index in [0.717, 1.165) is 23.6 Å². The summed E-state index contributed by atoms with van der Waals surface area (Å²) in [6.45, 7) is 23.0. The molecule has 1 saturated carbocycles. The number of para-hydroxylation sites is 2. The number of alkyl halides is 2. The molecule has 2 unspecified atom stereocenters. The van der Waals surface area contributed by atoms with Crippen molar-refractivity contribution in [3.05, 3.63) is 139 Å². The third-order valence-electron chi connectivity index (χ3n) is 9.64. The number of benzene rings is 1. The van der Waals surface area contributed by atoms with E-state index in [-0.39, 0.29) is 31.8 Å². The summed E-state index contributed by atoms with van der Waals surface area (Å²) in [6.07, 6.45) is 14.2. The van der Waals surface area contributed by atoms with E-state index in [4.69, 9.17) is 9.47 Å². The number of amides is 3. The number of aromatic nitrogens is 1. The first kappa shape index (κ1) is 65.5. The minimum absolute atomic E-state index is 0.0406. The number of methoxy groups -OCH3 is 2. The molecule has 1 aromatic heterocycles. The molecule has 1 aliphatic rings. The molecular weight excluding hydrogens is 903 g/mol. The first-order valence-corrected chi connectivity index (χ1v) is 23.2. The van der Waals surface area contributed by atoms with Gasteiger partial charge in [-0.05, 0) is 109 Å². The van der Waals surface area contributed by atoms with Crippen LogP contribution in [0.4, 0.5) is 34.6 Å². The predicted molar refractivity (Wildman–Crippen MR) is 283 cm³/mol. The Morgan fingerprint density at radius 2 is 1.44 bits per heavy atom. The maximum Gasteiger partial charge on any atom is 0.249 e. The number of carbonyl (C=O) groups is 3. The van der Waals surface area contributed by atoms with Gasteiger partial charge < -0.3 is 40.1 Å². The molecule has 12 nitrogen and oxygen atoms in total. The van der Waals surface area contributed by atoms with Crippen molar-refractivity contribution in [3.8, 4) is 5.88 Å². The molecule has 0 radical (unpaired) electrons. The summed E-state index contributed by atoms with van der Waals surface area (Å²) in [6, 6.07) is 8.66. The van der Waals surface area contributed by atoms with E-state index in [1.165, 1.54) is 70.5 Å². The molecule has 1 heterocycles. The molecule has 1 aliphatic carbocycles. The van der Waals surface area contributed by atoms with Crippen molar-refractivity contribution in [2.24, 2.45) is 0 Å². The maximum absolute atomic E-state index is 14.1. The number of nitrogens with one attached hydrogen (secondary N) is 3. The summed E-state index contributed by atoms with van der Waals surface area (Å²) < 4.78 is 63.8. The van der Waals surface area contributed by atoms with E-state index >= 15 is 0 Å². The van der Waals surface area contributed by atoms with Crippen molar-refractivity contribution in [2.75, 3.05) is 69.8 Å². The van der Waals surface area contributed by atoms with Gasteiger partial charge in [0.1, 0.15) is 24.7 Å². The normalized spacial score (nSPS) is 13.4. The molecule has 1 fully saturated rings. The fraction of sp³-hybridized carbons (Fsp3) is 0.444. The summed E-state index contributed by atoms with van der Waals surface area (Å²) in [5, 5.41) is 8.33. The average Bonchev–Trinajstić information content (AvgIpc) is 4.23. The van der Waals surface area contributed by atoms with Crippen LogP contribution in [0.5, 0.6) is 5.88 Å². The largest absolute Gasteiger partial charge is 0.502 e. The summed E-state index contributed by atoms with van der Waals surface area (Å²) >= 11 is 0. The van der Waals surface area contributed by atoms with Gasteiger partial charge in [0.2, 0.25) is 23.6 Å². The van der Waals surface area contributed by atoms with Gasteiger partial charge in [-0.3, -0.25) is 14.4 Å². The molecule has 3 rings (SSSR count). The summed E-state index contributed by atoms with van der Waals surface area (Å²) in [4.78, 5) is 49.1. The molecular formula is C54H81F4N7O5. The number of pyridine rings is 1. The molecule has 3 N–H and O–H groups in total. The second-order valence-electron chi connectivity index (χ2n) is 15.6. The van der Waals surface area contributed by atoms with E-state index in [2.05, 4.69) is 40.7 Å². The topological polar surface area (TPSA) is 128 Å². The minimum Gasteiger partial charge on any atom is -0.502 e.